The number of carbonyl (C=O) groups excluding carboxylic acids is 2. The maximum atomic E-state index is 11.4. The van der Waals surface area contributed by atoms with E-state index in [0.29, 0.717) is 0 Å². The van der Waals surface area contributed by atoms with Crippen molar-refractivity contribution in [1.82, 2.24) is 26.0 Å². The van der Waals surface area contributed by atoms with E-state index in [4.69, 9.17) is 0 Å². The number of nitrogens with one attached hydrogen (secondary N) is 3. The normalized spacial score (nSPS) is 32.8. The molecule has 0 aromatic carbocycles. The Labute approximate surface area is 75.0 Å². The van der Waals surface area contributed by atoms with Crippen LogP contribution >= 0.6 is 0 Å². The van der Waals surface area contributed by atoms with Crippen molar-refractivity contribution in [3.05, 3.63) is 0 Å². The van der Waals surface area contributed by atoms with Crippen LogP contribution in [0.5, 0.6) is 0 Å². The molecule has 0 aromatic heterocycles. The van der Waals surface area contributed by atoms with E-state index >= 15 is 0 Å². The number of likely N-dealkylation sites (N-methyl/N-ethyl adjacent to an activating group) is 2. The van der Waals surface area contributed by atoms with Crippen LogP contribution in [0.2, 0.25) is 0 Å². The Morgan fingerprint density at radius 3 is 2.46 bits per heavy atom. The molecular formula is C6H11N5O2. The third-order valence-corrected chi connectivity index (χ3v) is 2.35. The predicted octanol–water partition coefficient (Wildman–Crippen LogP) is -1.55. The van der Waals surface area contributed by atoms with Gasteiger partial charge < -0.3 is 15.1 Å². The summed E-state index contributed by atoms with van der Waals surface area (Å²) in [4.78, 5) is 25.3. The molecule has 0 unspecified atom stereocenters. The van der Waals surface area contributed by atoms with Crippen molar-refractivity contribution in [2.24, 2.45) is 0 Å². The molecule has 2 saturated heterocycles. The van der Waals surface area contributed by atoms with Gasteiger partial charge in [0, 0.05) is 14.1 Å². The zero-order chi connectivity index (χ0) is 9.59. The summed E-state index contributed by atoms with van der Waals surface area (Å²) in [6, 6.07) is -0.442. The van der Waals surface area contributed by atoms with Crippen LogP contribution in [0.1, 0.15) is 0 Å². The van der Waals surface area contributed by atoms with E-state index in [1.807, 2.05) is 0 Å². The zero-order valence-electron chi connectivity index (χ0n) is 7.37. The molecular weight excluding hydrogens is 174 g/mol. The van der Waals surface area contributed by atoms with Crippen molar-refractivity contribution in [2.75, 3.05) is 14.1 Å². The fourth-order valence-corrected chi connectivity index (χ4v) is 1.57. The molecule has 72 valence electrons. The summed E-state index contributed by atoms with van der Waals surface area (Å²) in [5, 5.41) is 2.64. The molecule has 7 nitrogen and oxygen atoms in total. The van der Waals surface area contributed by atoms with Gasteiger partial charge in [-0.05, 0) is 0 Å². The van der Waals surface area contributed by atoms with Crippen LogP contribution < -0.4 is 16.2 Å². The molecule has 2 aliphatic heterocycles. The van der Waals surface area contributed by atoms with Crippen molar-refractivity contribution in [2.45, 2.75) is 12.3 Å². The number of fused-ring (bicyclic) bond motifs is 1. The second-order valence-corrected chi connectivity index (χ2v) is 3.14. The molecule has 4 amide bonds. The quantitative estimate of drug-likeness (QED) is 0.428. The van der Waals surface area contributed by atoms with E-state index in [9.17, 15) is 9.59 Å². The maximum absolute atomic E-state index is 11.4. The fraction of sp³-hybridized carbons (Fsp3) is 0.667. The number of hydrogen-bond acceptors (Lipinski definition) is 3. The Morgan fingerprint density at radius 1 is 1.15 bits per heavy atom. The Hall–Kier alpha value is -1.50. The molecule has 0 spiro atoms. The Morgan fingerprint density at radius 2 is 1.77 bits per heavy atom. The minimum atomic E-state index is -0.323. The van der Waals surface area contributed by atoms with Crippen LogP contribution in [0, 0.1) is 0 Å². The summed E-state index contributed by atoms with van der Waals surface area (Å²) in [6.07, 6.45) is -0.513. The van der Waals surface area contributed by atoms with Gasteiger partial charge in [0.05, 0.1) is 0 Å². The van der Waals surface area contributed by atoms with E-state index in [1.54, 1.807) is 14.1 Å². The lowest BCUT2D eigenvalue weighted by Gasteiger charge is -2.31. The van der Waals surface area contributed by atoms with Crippen molar-refractivity contribution >= 4 is 12.1 Å². The largest absolute Gasteiger partial charge is 0.330 e. The Balaban J connectivity index is 2.22. The first kappa shape index (κ1) is 8.11. The summed E-state index contributed by atoms with van der Waals surface area (Å²) in [7, 11) is 3.33. The monoisotopic (exact) mass is 185 g/mol. The fourth-order valence-electron chi connectivity index (χ4n) is 1.57. The average molecular weight is 185 g/mol. The van der Waals surface area contributed by atoms with Crippen LogP contribution in [-0.2, 0) is 0 Å². The van der Waals surface area contributed by atoms with E-state index < -0.39 is 0 Å². The molecule has 0 bridgehead atoms. The van der Waals surface area contributed by atoms with E-state index in [2.05, 4.69) is 16.2 Å². The van der Waals surface area contributed by atoms with Crippen LogP contribution in [0.25, 0.3) is 0 Å². The van der Waals surface area contributed by atoms with Gasteiger partial charge in [-0.15, -0.1) is 0 Å². The molecule has 7 heteroatoms. The lowest BCUT2D eigenvalue weighted by molar-refractivity contribution is 0.159. The highest BCUT2D eigenvalue weighted by atomic mass is 16.2. The van der Waals surface area contributed by atoms with Gasteiger partial charge in [0.2, 0.25) is 0 Å². The molecule has 0 saturated carbocycles. The second kappa shape index (κ2) is 2.49. The lowest BCUT2D eigenvalue weighted by Crippen LogP contribution is -2.67. The topological polar surface area (TPSA) is 76.7 Å². The molecule has 0 aliphatic carbocycles. The maximum Gasteiger partial charge on any atom is 0.330 e. The van der Waals surface area contributed by atoms with E-state index in [0.717, 1.165) is 0 Å². The van der Waals surface area contributed by atoms with Gasteiger partial charge in [0.25, 0.3) is 0 Å². The minimum absolute atomic E-state index is 0.119. The number of hydrazine groups is 1. The molecule has 2 aliphatic rings. The minimum Gasteiger partial charge on any atom is -0.313 e. The molecule has 13 heavy (non-hydrogen) atoms. The number of nitrogens with zero attached hydrogens (tertiary/aromatic N) is 2. The van der Waals surface area contributed by atoms with Crippen molar-refractivity contribution in [3.63, 3.8) is 0 Å². The van der Waals surface area contributed by atoms with Crippen molar-refractivity contribution in [3.8, 4) is 0 Å². The van der Waals surface area contributed by atoms with Gasteiger partial charge in [-0.2, -0.15) is 0 Å². The molecule has 0 radical (unpaired) electrons. The van der Waals surface area contributed by atoms with Crippen LogP contribution in [0.3, 0.4) is 0 Å². The van der Waals surface area contributed by atoms with Gasteiger partial charge >= 0.3 is 12.1 Å². The summed E-state index contributed by atoms with van der Waals surface area (Å²) in [6.45, 7) is 0. The highest BCUT2D eigenvalue weighted by molar-refractivity contribution is 5.81. The molecule has 2 heterocycles. The predicted molar refractivity (Wildman–Crippen MR) is 43.3 cm³/mol. The lowest BCUT2D eigenvalue weighted by atomic mass is 10.3. The van der Waals surface area contributed by atoms with E-state index in [1.165, 1.54) is 9.80 Å². The first-order valence-electron chi connectivity index (χ1n) is 3.93. The third kappa shape index (κ3) is 1.00. The van der Waals surface area contributed by atoms with Gasteiger partial charge in [-0.25, -0.2) is 15.0 Å². The number of urea groups is 2. The summed E-state index contributed by atoms with van der Waals surface area (Å²) in [5.74, 6) is 0. The van der Waals surface area contributed by atoms with Crippen molar-refractivity contribution < 1.29 is 9.59 Å². The van der Waals surface area contributed by atoms with Gasteiger partial charge in [0.15, 0.2) is 0 Å². The van der Waals surface area contributed by atoms with E-state index in [-0.39, 0.29) is 24.4 Å². The molecule has 2 rings (SSSR count). The van der Waals surface area contributed by atoms with Gasteiger partial charge in [-0.3, -0.25) is 5.43 Å². The Kier molecular flexibility index (Phi) is 1.56. The molecule has 3 N–H and O–H groups in total. The van der Waals surface area contributed by atoms with Gasteiger partial charge in [-0.1, -0.05) is 0 Å². The highest BCUT2D eigenvalue weighted by Gasteiger charge is 2.44. The number of carbonyl (C=O) groups is 2. The zero-order valence-corrected chi connectivity index (χ0v) is 7.37. The second-order valence-electron chi connectivity index (χ2n) is 3.14. The summed E-state index contributed by atoms with van der Waals surface area (Å²) < 4.78 is 0. The third-order valence-electron chi connectivity index (χ3n) is 2.35. The molecule has 0 aromatic rings. The average Bonchev–Trinajstić information content (AvgIpc) is 2.32. The summed E-state index contributed by atoms with van der Waals surface area (Å²) >= 11 is 0. The number of rotatable bonds is 0. The highest BCUT2D eigenvalue weighted by Crippen LogP contribution is 2.16. The van der Waals surface area contributed by atoms with Gasteiger partial charge in [0.1, 0.15) is 12.3 Å². The number of amides is 4. The smallest absolute Gasteiger partial charge is 0.313 e. The van der Waals surface area contributed by atoms with Crippen molar-refractivity contribution in [1.29, 1.82) is 0 Å². The SMILES string of the molecule is CN1C(=O)N(C)[C@H]2NC(=O)NN[C@@H]21. The number of hydrogen-bond donors (Lipinski definition) is 3. The van der Waals surface area contributed by atoms with Crippen LogP contribution in [-0.4, -0.2) is 48.3 Å². The van der Waals surface area contributed by atoms with Crippen LogP contribution in [0.4, 0.5) is 9.59 Å². The Bertz CT molecular complexity index is 268. The molecule has 2 atom stereocenters. The standard InChI is InChI=1S/C6H11N5O2/c1-10-3-4(11(2)6(10)13)8-9-5(12)7-3/h3-4,8H,1-2H3,(H2,7,9,12)/t3-,4-/m1/s1. The van der Waals surface area contributed by atoms with Crippen LogP contribution in [0.15, 0.2) is 0 Å². The summed E-state index contributed by atoms with van der Waals surface area (Å²) in [5.41, 5.74) is 5.15. The molecule has 2 fully saturated rings. The first-order chi connectivity index (χ1) is 6.11. The first-order valence-corrected chi connectivity index (χ1v) is 3.93.